The smallest absolute Gasteiger partial charge is 0.0203 e. The predicted octanol–water partition coefficient (Wildman–Crippen LogP) is 2.13. The Kier molecular flexibility index (Phi) is 5.34. The van der Waals surface area contributed by atoms with Crippen LogP contribution in [0, 0.1) is 11.8 Å². The number of likely N-dealkylation sites (tertiary alicyclic amines) is 1. The van der Waals surface area contributed by atoms with E-state index in [-0.39, 0.29) is 0 Å². The van der Waals surface area contributed by atoms with Gasteiger partial charge in [0.1, 0.15) is 0 Å². The Morgan fingerprint density at radius 2 is 1.93 bits per heavy atom. The summed E-state index contributed by atoms with van der Waals surface area (Å²) < 4.78 is 0. The van der Waals surface area contributed by atoms with Crippen LogP contribution >= 0.6 is 0 Å². The third-order valence-corrected chi connectivity index (χ3v) is 3.31. The zero-order chi connectivity index (χ0) is 11.3. The van der Waals surface area contributed by atoms with E-state index in [0.29, 0.717) is 0 Å². The molecule has 0 aromatic carbocycles. The molecule has 0 radical (unpaired) electrons. The van der Waals surface area contributed by atoms with Gasteiger partial charge in [-0.05, 0) is 30.4 Å². The second kappa shape index (κ2) is 6.29. The lowest BCUT2D eigenvalue weighted by molar-refractivity contribution is 0.349. The van der Waals surface area contributed by atoms with Crippen molar-refractivity contribution in [1.82, 2.24) is 10.2 Å². The predicted molar refractivity (Wildman–Crippen MR) is 67.1 cm³/mol. The molecule has 0 aromatic rings. The minimum Gasteiger partial charge on any atom is -0.313 e. The van der Waals surface area contributed by atoms with Gasteiger partial charge in [-0.2, -0.15) is 0 Å². The molecule has 1 saturated heterocycles. The zero-order valence-electron chi connectivity index (χ0n) is 10.6. The summed E-state index contributed by atoms with van der Waals surface area (Å²) >= 11 is 0. The van der Waals surface area contributed by atoms with Crippen LogP contribution in [0.3, 0.4) is 0 Å². The van der Waals surface area contributed by atoms with Gasteiger partial charge in [0, 0.05) is 26.2 Å². The zero-order valence-corrected chi connectivity index (χ0v) is 10.6. The molecule has 1 aliphatic rings. The summed E-state index contributed by atoms with van der Waals surface area (Å²) in [6.45, 7) is 16.7. The minimum absolute atomic E-state index is 0.849. The van der Waals surface area contributed by atoms with Crippen LogP contribution in [0.25, 0.3) is 0 Å². The number of hydrogen-bond acceptors (Lipinski definition) is 2. The van der Waals surface area contributed by atoms with Gasteiger partial charge in [-0.3, -0.25) is 4.90 Å². The maximum atomic E-state index is 4.14. The molecule has 2 atom stereocenters. The van der Waals surface area contributed by atoms with Crippen molar-refractivity contribution in [2.24, 2.45) is 11.8 Å². The van der Waals surface area contributed by atoms with Gasteiger partial charge in [-0.1, -0.05) is 27.4 Å². The lowest BCUT2D eigenvalue weighted by Gasteiger charge is -2.17. The van der Waals surface area contributed by atoms with E-state index in [0.717, 1.165) is 31.5 Å². The number of nitrogens with one attached hydrogen (secondary N) is 1. The first-order chi connectivity index (χ1) is 7.13. The Morgan fingerprint density at radius 3 is 2.47 bits per heavy atom. The fourth-order valence-electron chi connectivity index (χ4n) is 2.19. The molecule has 2 heteroatoms. The molecule has 0 bridgehead atoms. The highest BCUT2D eigenvalue weighted by molar-refractivity contribution is 5.01. The molecule has 2 unspecified atom stereocenters. The Balaban J connectivity index is 2.16. The van der Waals surface area contributed by atoms with Crippen molar-refractivity contribution in [2.45, 2.75) is 27.2 Å². The summed E-state index contributed by atoms with van der Waals surface area (Å²) in [4.78, 5) is 2.53. The maximum Gasteiger partial charge on any atom is 0.0203 e. The molecule has 1 aliphatic heterocycles. The van der Waals surface area contributed by atoms with Crippen LogP contribution in [0.15, 0.2) is 12.2 Å². The van der Waals surface area contributed by atoms with Gasteiger partial charge in [0.25, 0.3) is 0 Å². The molecule has 1 heterocycles. The van der Waals surface area contributed by atoms with E-state index in [4.69, 9.17) is 0 Å². The second-order valence-corrected chi connectivity index (χ2v) is 5.08. The first-order valence-corrected chi connectivity index (χ1v) is 6.23. The van der Waals surface area contributed by atoms with Crippen LogP contribution in [-0.4, -0.2) is 37.6 Å². The summed E-state index contributed by atoms with van der Waals surface area (Å²) in [5.41, 5.74) is 1.32. The van der Waals surface area contributed by atoms with Crippen molar-refractivity contribution in [2.75, 3.05) is 32.7 Å². The van der Waals surface area contributed by atoms with E-state index in [1.54, 1.807) is 0 Å². The molecule has 1 fully saturated rings. The summed E-state index contributed by atoms with van der Waals surface area (Å²) in [7, 11) is 0. The molecule has 1 rings (SSSR count). The third-order valence-electron chi connectivity index (χ3n) is 3.31. The van der Waals surface area contributed by atoms with Crippen LogP contribution in [0.1, 0.15) is 27.2 Å². The van der Waals surface area contributed by atoms with Gasteiger partial charge in [0.05, 0.1) is 0 Å². The highest BCUT2D eigenvalue weighted by Gasteiger charge is 2.25. The maximum absolute atomic E-state index is 4.14. The van der Waals surface area contributed by atoms with Gasteiger partial charge in [-0.15, -0.1) is 0 Å². The van der Waals surface area contributed by atoms with E-state index in [2.05, 4.69) is 37.6 Å². The first kappa shape index (κ1) is 12.7. The summed E-state index contributed by atoms with van der Waals surface area (Å²) in [5, 5.41) is 3.41. The molecule has 2 nitrogen and oxygen atoms in total. The Hall–Kier alpha value is -0.340. The van der Waals surface area contributed by atoms with E-state index >= 15 is 0 Å². The monoisotopic (exact) mass is 210 g/mol. The number of nitrogens with zero attached hydrogens (tertiary/aromatic N) is 1. The minimum atomic E-state index is 0.849. The summed E-state index contributed by atoms with van der Waals surface area (Å²) in [6, 6.07) is 0. The fraction of sp³-hybridized carbons (Fsp3) is 0.846. The standard InChI is InChI=1S/C13H26N2/c1-5-6-14-7-11(2)8-15-9-12(3)13(4)10-15/h12-14H,2,5-10H2,1,3-4H3. The van der Waals surface area contributed by atoms with Gasteiger partial charge in [0.2, 0.25) is 0 Å². The van der Waals surface area contributed by atoms with E-state index in [1.807, 2.05) is 0 Å². The molecule has 0 aromatic heterocycles. The molecule has 15 heavy (non-hydrogen) atoms. The van der Waals surface area contributed by atoms with Crippen molar-refractivity contribution >= 4 is 0 Å². The number of rotatable bonds is 6. The third kappa shape index (κ3) is 4.35. The lowest BCUT2D eigenvalue weighted by Crippen LogP contribution is -2.27. The molecule has 88 valence electrons. The van der Waals surface area contributed by atoms with Crippen molar-refractivity contribution in [1.29, 1.82) is 0 Å². The van der Waals surface area contributed by atoms with Gasteiger partial charge in [0.15, 0.2) is 0 Å². The second-order valence-electron chi connectivity index (χ2n) is 5.08. The largest absolute Gasteiger partial charge is 0.313 e. The fourth-order valence-corrected chi connectivity index (χ4v) is 2.19. The SMILES string of the molecule is C=C(CNCCC)CN1CC(C)C(C)C1. The molecule has 1 N–H and O–H groups in total. The van der Waals surface area contributed by atoms with E-state index < -0.39 is 0 Å². The average Bonchev–Trinajstić information content (AvgIpc) is 2.46. The van der Waals surface area contributed by atoms with Crippen LogP contribution in [-0.2, 0) is 0 Å². The van der Waals surface area contributed by atoms with Crippen molar-refractivity contribution in [3.05, 3.63) is 12.2 Å². The molecular formula is C13H26N2. The normalized spacial score (nSPS) is 27.1. The molecule has 0 spiro atoms. The van der Waals surface area contributed by atoms with Crippen LogP contribution in [0.4, 0.5) is 0 Å². The van der Waals surface area contributed by atoms with E-state index in [1.165, 1.54) is 25.1 Å². The number of hydrogen-bond donors (Lipinski definition) is 1. The summed E-state index contributed by atoms with van der Waals surface area (Å²) in [5.74, 6) is 1.70. The van der Waals surface area contributed by atoms with Gasteiger partial charge >= 0.3 is 0 Å². The molecule has 0 saturated carbocycles. The highest BCUT2D eigenvalue weighted by Crippen LogP contribution is 2.22. The first-order valence-electron chi connectivity index (χ1n) is 6.23. The van der Waals surface area contributed by atoms with Crippen LogP contribution in [0.5, 0.6) is 0 Å². The quantitative estimate of drug-likeness (QED) is 0.534. The van der Waals surface area contributed by atoms with Crippen LogP contribution < -0.4 is 5.32 Å². The molecule has 0 amide bonds. The topological polar surface area (TPSA) is 15.3 Å². The molecular weight excluding hydrogens is 184 g/mol. The summed E-state index contributed by atoms with van der Waals surface area (Å²) in [6.07, 6.45) is 1.20. The van der Waals surface area contributed by atoms with Crippen molar-refractivity contribution in [3.8, 4) is 0 Å². The Labute approximate surface area is 94.7 Å². The lowest BCUT2D eigenvalue weighted by atomic mass is 10.0. The van der Waals surface area contributed by atoms with E-state index in [9.17, 15) is 0 Å². The highest BCUT2D eigenvalue weighted by atomic mass is 15.2. The average molecular weight is 210 g/mol. The van der Waals surface area contributed by atoms with Crippen molar-refractivity contribution < 1.29 is 0 Å². The van der Waals surface area contributed by atoms with Crippen molar-refractivity contribution in [3.63, 3.8) is 0 Å². The Morgan fingerprint density at radius 1 is 1.33 bits per heavy atom. The Bertz CT molecular complexity index is 191. The van der Waals surface area contributed by atoms with Gasteiger partial charge in [-0.25, -0.2) is 0 Å². The van der Waals surface area contributed by atoms with Crippen LogP contribution in [0.2, 0.25) is 0 Å². The van der Waals surface area contributed by atoms with Gasteiger partial charge < -0.3 is 5.32 Å². The molecule has 0 aliphatic carbocycles.